The van der Waals surface area contributed by atoms with Gasteiger partial charge in [0, 0.05) is 13.0 Å². The maximum absolute atomic E-state index is 10.6. The van der Waals surface area contributed by atoms with Crippen LogP contribution in [0.4, 0.5) is 0 Å². The Kier molecular flexibility index (Phi) is 11.1. The molecule has 1 amide bonds. The van der Waals surface area contributed by atoms with Crippen molar-refractivity contribution < 1.29 is 4.79 Å². The molecule has 1 aliphatic heterocycles. The minimum atomic E-state index is 0.225. The summed E-state index contributed by atoms with van der Waals surface area (Å²) >= 11 is 0. The van der Waals surface area contributed by atoms with Crippen molar-refractivity contribution in [3.8, 4) is 0 Å². The molecule has 0 unspecified atom stereocenters. The minimum Gasteiger partial charge on any atom is -0.356 e. The maximum Gasteiger partial charge on any atom is 0.219 e. The second kappa shape index (κ2) is 11.5. The van der Waals surface area contributed by atoms with Crippen LogP contribution in [-0.4, -0.2) is 19.0 Å². The Morgan fingerprint density at radius 1 is 1.20 bits per heavy atom. The fourth-order valence-electron chi connectivity index (χ4n) is 1.47. The molecule has 0 bridgehead atoms. The number of hydrogen-bond acceptors (Lipinski definition) is 2. The predicted molar refractivity (Wildman–Crippen MR) is 64.7 cm³/mol. The van der Waals surface area contributed by atoms with E-state index >= 15 is 0 Å². The zero-order chi connectivity index (χ0) is 11.4. The molecule has 1 heterocycles. The zero-order valence-corrected chi connectivity index (χ0v) is 10.1. The van der Waals surface area contributed by atoms with Gasteiger partial charge in [0.25, 0.3) is 0 Å². The largest absolute Gasteiger partial charge is 0.356 e. The van der Waals surface area contributed by atoms with Crippen molar-refractivity contribution in [2.24, 2.45) is 5.73 Å². The van der Waals surface area contributed by atoms with Gasteiger partial charge in [0.2, 0.25) is 5.91 Å². The van der Waals surface area contributed by atoms with Crippen molar-refractivity contribution in [3.63, 3.8) is 0 Å². The van der Waals surface area contributed by atoms with Crippen molar-refractivity contribution in [1.29, 1.82) is 0 Å². The number of carbonyl (C=O) groups excluding carboxylic acids is 1. The van der Waals surface area contributed by atoms with E-state index in [1.54, 1.807) is 0 Å². The molecule has 0 aromatic rings. The summed E-state index contributed by atoms with van der Waals surface area (Å²) in [5, 5.41) is 2.81. The van der Waals surface area contributed by atoms with E-state index in [4.69, 9.17) is 5.73 Å². The molecule has 0 aliphatic carbocycles. The lowest BCUT2D eigenvalue weighted by atomic mass is 10.2. The van der Waals surface area contributed by atoms with Crippen LogP contribution in [0.15, 0.2) is 0 Å². The molecule has 90 valence electrons. The van der Waals surface area contributed by atoms with Crippen molar-refractivity contribution in [2.45, 2.75) is 58.3 Å². The fourth-order valence-corrected chi connectivity index (χ4v) is 1.47. The van der Waals surface area contributed by atoms with Crippen LogP contribution in [0.5, 0.6) is 0 Å². The molecular weight excluding hydrogens is 188 g/mol. The Morgan fingerprint density at radius 3 is 2.67 bits per heavy atom. The average molecular weight is 214 g/mol. The second-order valence-corrected chi connectivity index (χ2v) is 4.01. The van der Waals surface area contributed by atoms with Gasteiger partial charge in [0.05, 0.1) is 0 Å². The number of rotatable bonds is 4. The summed E-state index contributed by atoms with van der Waals surface area (Å²) in [6.45, 7) is 3.95. The summed E-state index contributed by atoms with van der Waals surface area (Å²) < 4.78 is 0. The van der Waals surface area contributed by atoms with Gasteiger partial charge in [-0.15, -0.1) is 0 Å². The van der Waals surface area contributed by atoms with Crippen molar-refractivity contribution in [2.75, 3.05) is 13.1 Å². The summed E-state index contributed by atoms with van der Waals surface area (Å²) in [6, 6.07) is 0. The normalized spacial score (nSPS) is 16.0. The van der Waals surface area contributed by atoms with Gasteiger partial charge in [-0.05, 0) is 25.8 Å². The van der Waals surface area contributed by atoms with Crippen molar-refractivity contribution in [1.82, 2.24) is 5.32 Å². The molecule has 0 aromatic heterocycles. The van der Waals surface area contributed by atoms with Gasteiger partial charge in [-0.25, -0.2) is 0 Å². The Bertz CT molecular complexity index is 135. The molecule has 0 aromatic carbocycles. The molecule has 1 aliphatic rings. The third kappa shape index (κ3) is 11.4. The first kappa shape index (κ1) is 14.4. The van der Waals surface area contributed by atoms with E-state index in [1.807, 2.05) is 0 Å². The Labute approximate surface area is 93.8 Å². The number of nitrogens with two attached hydrogens (primary N) is 1. The third-order valence-corrected chi connectivity index (χ3v) is 2.46. The molecule has 3 N–H and O–H groups in total. The van der Waals surface area contributed by atoms with Crippen LogP contribution in [-0.2, 0) is 4.79 Å². The molecule has 3 heteroatoms. The maximum atomic E-state index is 10.6. The van der Waals surface area contributed by atoms with Gasteiger partial charge in [-0.1, -0.05) is 32.6 Å². The first-order valence-corrected chi connectivity index (χ1v) is 6.28. The zero-order valence-electron chi connectivity index (χ0n) is 10.1. The molecule has 1 fully saturated rings. The quantitative estimate of drug-likeness (QED) is 0.705. The Balaban J connectivity index is 0.000000265. The van der Waals surface area contributed by atoms with Crippen LogP contribution in [0, 0.1) is 0 Å². The Morgan fingerprint density at radius 2 is 2.00 bits per heavy atom. The molecule has 0 radical (unpaired) electrons. The smallest absolute Gasteiger partial charge is 0.219 e. The van der Waals surface area contributed by atoms with Crippen LogP contribution in [0.2, 0.25) is 0 Å². The minimum absolute atomic E-state index is 0.225. The number of unbranched alkanes of at least 4 members (excludes halogenated alkanes) is 3. The highest BCUT2D eigenvalue weighted by atomic mass is 16.1. The van der Waals surface area contributed by atoms with Crippen molar-refractivity contribution >= 4 is 5.91 Å². The lowest BCUT2D eigenvalue weighted by molar-refractivity contribution is -0.120. The van der Waals surface area contributed by atoms with E-state index in [-0.39, 0.29) is 5.91 Å². The highest BCUT2D eigenvalue weighted by Crippen LogP contribution is 2.02. The summed E-state index contributed by atoms with van der Waals surface area (Å²) in [7, 11) is 0. The molecule has 0 atom stereocenters. The van der Waals surface area contributed by atoms with Crippen LogP contribution in [0.1, 0.15) is 58.3 Å². The van der Waals surface area contributed by atoms with Gasteiger partial charge < -0.3 is 11.1 Å². The third-order valence-electron chi connectivity index (χ3n) is 2.46. The van der Waals surface area contributed by atoms with Gasteiger partial charge in [-0.3, -0.25) is 4.79 Å². The van der Waals surface area contributed by atoms with E-state index in [1.165, 1.54) is 32.1 Å². The molecule has 3 nitrogen and oxygen atoms in total. The van der Waals surface area contributed by atoms with E-state index in [9.17, 15) is 4.79 Å². The molecule has 0 spiro atoms. The lowest BCUT2D eigenvalue weighted by Gasteiger charge is -1.93. The SMILES string of the molecule is CCCCCCN.O=C1CCCCCN1. The van der Waals surface area contributed by atoms with Gasteiger partial charge >= 0.3 is 0 Å². The number of hydrogen-bond donors (Lipinski definition) is 2. The standard InChI is InChI=1S/C6H11NO.C6H15N/c8-6-4-2-1-3-5-7-6;1-2-3-4-5-6-7/h1-5H2,(H,7,8);2-7H2,1H3. The predicted octanol–water partition coefficient (Wildman–Crippen LogP) is 2.20. The van der Waals surface area contributed by atoms with Crippen LogP contribution >= 0.6 is 0 Å². The second-order valence-electron chi connectivity index (χ2n) is 4.01. The molecular formula is C12H26N2O. The van der Waals surface area contributed by atoms with Crippen LogP contribution in [0.3, 0.4) is 0 Å². The summed E-state index contributed by atoms with van der Waals surface area (Å²) in [5.41, 5.74) is 5.27. The number of amides is 1. The van der Waals surface area contributed by atoms with Gasteiger partial charge in [0.1, 0.15) is 0 Å². The number of carbonyl (C=O) groups is 1. The van der Waals surface area contributed by atoms with E-state index in [2.05, 4.69) is 12.2 Å². The topological polar surface area (TPSA) is 55.1 Å². The summed E-state index contributed by atoms with van der Waals surface area (Å²) in [4.78, 5) is 10.6. The highest BCUT2D eigenvalue weighted by molar-refractivity contribution is 5.75. The van der Waals surface area contributed by atoms with Crippen LogP contribution in [0.25, 0.3) is 0 Å². The molecule has 15 heavy (non-hydrogen) atoms. The average Bonchev–Trinajstić information content (AvgIpc) is 2.48. The van der Waals surface area contributed by atoms with Gasteiger partial charge in [-0.2, -0.15) is 0 Å². The number of nitrogens with one attached hydrogen (secondary N) is 1. The first-order chi connectivity index (χ1) is 7.31. The van der Waals surface area contributed by atoms with E-state index in [0.717, 1.165) is 32.4 Å². The van der Waals surface area contributed by atoms with E-state index in [0.29, 0.717) is 0 Å². The monoisotopic (exact) mass is 214 g/mol. The molecule has 1 saturated heterocycles. The molecule has 1 rings (SSSR count). The van der Waals surface area contributed by atoms with Gasteiger partial charge in [0.15, 0.2) is 0 Å². The Hall–Kier alpha value is -0.570. The fraction of sp³-hybridized carbons (Fsp3) is 0.917. The summed E-state index contributed by atoms with van der Waals surface area (Å²) in [6.07, 6.45) is 9.34. The summed E-state index contributed by atoms with van der Waals surface area (Å²) in [5.74, 6) is 0.225. The van der Waals surface area contributed by atoms with Crippen LogP contribution < -0.4 is 11.1 Å². The van der Waals surface area contributed by atoms with Crippen molar-refractivity contribution in [3.05, 3.63) is 0 Å². The molecule has 0 saturated carbocycles. The lowest BCUT2D eigenvalue weighted by Crippen LogP contribution is -2.21. The highest BCUT2D eigenvalue weighted by Gasteiger charge is 2.03. The van der Waals surface area contributed by atoms with E-state index < -0.39 is 0 Å². The first-order valence-electron chi connectivity index (χ1n) is 6.28.